The van der Waals surface area contributed by atoms with Crippen LogP contribution in [-0.2, 0) is 6.54 Å². The predicted molar refractivity (Wildman–Crippen MR) is 59.8 cm³/mol. The van der Waals surface area contributed by atoms with Crippen molar-refractivity contribution in [2.24, 2.45) is 5.73 Å². The summed E-state index contributed by atoms with van der Waals surface area (Å²) in [7, 11) is 0. The van der Waals surface area contributed by atoms with Crippen LogP contribution >= 0.6 is 0 Å². The second-order valence-electron chi connectivity index (χ2n) is 3.44. The molecule has 0 aliphatic rings. The Bertz CT molecular complexity index is 334. The highest BCUT2D eigenvalue weighted by atomic mass is 16.3. The summed E-state index contributed by atoms with van der Waals surface area (Å²) in [5.41, 5.74) is 6.85. The molecular weight excluding hydrogens is 208 g/mol. The molecule has 1 rings (SSSR count). The molecule has 0 unspecified atom stereocenters. The lowest BCUT2D eigenvalue weighted by molar-refractivity contribution is 0.0879. The molecule has 0 radical (unpaired) electrons. The van der Waals surface area contributed by atoms with Crippen molar-refractivity contribution in [1.82, 2.24) is 5.32 Å². The van der Waals surface area contributed by atoms with Gasteiger partial charge in [0.05, 0.1) is 19.3 Å². The van der Waals surface area contributed by atoms with E-state index in [2.05, 4.69) is 5.32 Å². The van der Waals surface area contributed by atoms with E-state index < -0.39 is 6.04 Å². The fourth-order valence-electron chi connectivity index (χ4n) is 1.21. The number of carbonyl (C=O) groups excluding carboxylic acids is 1. The van der Waals surface area contributed by atoms with Crippen molar-refractivity contribution in [3.63, 3.8) is 0 Å². The van der Waals surface area contributed by atoms with Gasteiger partial charge in [0, 0.05) is 12.1 Å². The molecular formula is C11H16N2O3. The van der Waals surface area contributed by atoms with Gasteiger partial charge in [-0.25, -0.2) is 0 Å². The van der Waals surface area contributed by atoms with Gasteiger partial charge < -0.3 is 21.3 Å². The molecule has 0 saturated heterocycles. The maximum Gasteiger partial charge on any atom is 0.251 e. The number of hydrogen-bond acceptors (Lipinski definition) is 4. The Labute approximate surface area is 93.9 Å². The third-order valence-electron chi connectivity index (χ3n) is 2.23. The molecule has 0 atom stereocenters. The molecule has 5 N–H and O–H groups in total. The van der Waals surface area contributed by atoms with Crippen molar-refractivity contribution in [3.05, 3.63) is 35.4 Å². The van der Waals surface area contributed by atoms with E-state index in [4.69, 9.17) is 15.9 Å². The van der Waals surface area contributed by atoms with Crippen molar-refractivity contribution in [3.8, 4) is 0 Å². The molecule has 0 aliphatic heterocycles. The van der Waals surface area contributed by atoms with Gasteiger partial charge in [0.1, 0.15) is 0 Å². The molecule has 1 aromatic rings. The van der Waals surface area contributed by atoms with E-state index >= 15 is 0 Å². The van der Waals surface area contributed by atoms with Crippen LogP contribution in [0.1, 0.15) is 15.9 Å². The second kappa shape index (κ2) is 6.22. The Morgan fingerprint density at radius 2 is 1.81 bits per heavy atom. The van der Waals surface area contributed by atoms with Gasteiger partial charge in [-0.3, -0.25) is 4.79 Å². The van der Waals surface area contributed by atoms with Crippen LogP contribution in [0.3, 0.4) is 0 Å². The summed E-state index contributed by atoms with van der Waals surface area (Å²) in [6.45, 7) is -0.149. The van der Waals surface area contributed by atoms with Crippen molar-refractivity contribution >= 4 is 5.91 Å². The standard InChI is InChI=1S/C11H16N2O3/c12-5-8-1-3-9(4-2-8)11(16)13-10(6-14)7-15/h1-4,10,14-15H,5-7,12H2,(H,13,16). The number of carbonyl (C=O) groups is 1. The van der Waals surface area contributed by atoms with E-state index in [0.29, 0.717) is 12.1 Å². The number of aliphatic hydroxyl groups excluding tert-OH is 2. The Morgan fingerprint density at radius 3 is 2.25 bits per heavy atom. The summed E-state index contributed by atoms with van der Waals surface area (Å²) < 4.78 is 0. The third kappa shape index (κ3) is 3.30. The van der Waals surface area contributed by atoms with Gasteiger partial charge in [-0.05, 0) is 17.7 Å². The molecule has 16 heavy (non-hydrogen) atoms. The van der Waals surface area contributed by atoms with Gasteiger partial charge >= 0.3 is 0 Å². The number of benzene rings is 1. The zero-order valence-corrected chi connectivity index (χ0v) is 8.89. The average molecular weight is 224 g/mol. The summed E-state index contributed by atoms with van der Waals surface area (Å²) in [6.07, 6.45) is 0. The Morgan fingerprint density at radius 1 is 1.25 bits per heavy atom. The molecule has 5 nitrogen and oxygen atoms in total. The van der Waals surface area contributed by atoms with Crippen molar-refractivity contribution in [2.45, 2.75) is 12.6 Å². The number of nitrogens with two attached hydrogens (primary N) is 1. The Hall–Kier alpha value is -1.43. The molecule has 5 heteroatoms. The lowest BCUT2D eigenvalue weighted by Gasteiger charge is -2.13. The topological polar surface area (TPSA) is 95.6 Å². The summed E-state index contributed by atoms with van der Waals surface area (Å²) in [5.74, 6) is -0.323. The maximum absolute atomic E-state index is 11.6. The fraction of sp³-hybridized carbons (Fsp3) is 0.364. The lowest BCUT2D eigenvalue weighted by Crippen LogP contribution is -2.40. The average Bonchev–Trinajstić information content (AvgIpc) is 2.35. The van der Waals surface area contributed by atoms with E-state index in [1.165, 1.54) is 0 Å². The number of aliphatic hydroxyl groups is 2. The van der Waals surface area contributed by atoms with E-state index in [9.17, 15) is 4.79 Å². The SMILES string of the molecule is NCc1ccc(C(=O)NC(CO)CO)cc1. The van der Waals surface area contributed by atoms with Crippen LogP contribution in [0.5, 0.6) is 0 Å². The highest BCUT2D eigenvalue weighted by Gasteiger charge is 2.11. The highest BCUT2D eigenvalue weighted by Crippen LogP contribution is 2.03. The zero-order valence-electron chi connectivity index (χ0n) is 8.89. The summed E-state index contributed by atoms with van der Waals surface area (Å²) in [4.78, 5) is 11.6. The van der Waals surface area contributed by atoms with E-state index in [1.807, 2.05) is 0 Å². The molecule has 0 aliphatic carbocycles. The molecule has 1 amide bonds. The van der Waals surface area contributed by atoms with E-state index in [0.717, 1.165) is 5.56 Å². The third-order valence-corrected chi connectivity index (χ3v) is 2.23. The van der Waals surface area contributed by atoms with Crippen molar-refractivity contribution < 1.29 is 15.0 Å². The van der Waals surface area contributed by atoms with Crippen molar-refractivity contribution in [2.75, 3.05) is 13.2 Å². The number of nitrogens with one attached hydrogen (secondary N) is 1. The summed E-state index contributed by atoms with van der Waals surface area (Å²) in [6, 6.07) is 6.22. The smallest absolute Gasteiger partial charge is 0.251 e. The maximum atomic E-state index is 11.6. The predicted octanol–water partition coefficient (Wildman–Crippen LogP) is -0.772. The zero-order chi connectivity index (χ0) is 12.0. The van der Waals surface area contributed by atoms with Crippen LogP contribution in [0.25, 0.3) is 0 Å². The summed E-state index contributed by atoms with van der Waals surface area (Å²) in [5, 5.41) is 20.1. The first kappa shape index (κ1) is 12.6. The first-order valence-corrected chi connectivity index (χ1v) is 5.02. The molecule has 0 aromatic heterocycles. The number of amides is 1. The van der Waals surface area contributed by atoms with E-state index in [-0.39, 0.29) is 19.1 Å². The second-order valence-corrected chi connectivity index (χ2v) is 3.44. The van der Waals surface area contributed by atoms with Crippen LogP contribution in [0, 0.1) is 0 Å². The Kier molecular flexibility index (Phi) is 4.91. The van der Waals surface area contributed by atoms with Crippen LogP contribution in [0.15, 0.2) is 24.3 Å². The van der Waals surface area contributed by atoms with Crippen LogP contribution < -0.4 is 11.1 Å². The van der Waals surface area contributed by atoms with Gasteiger partial charge in [0.2, 0.25) is 0 Å². The highest BCUT2D eigenvalue weighted by molar-refractivity contribution is 5.94. The molecule has 0 fully saturated rings. The van der Waals surface area contributed by atoms with Gasteiger partial charge in [0.15, 0.2) is 0 Å². The summed E-state index contributed by atoms with van der Waals surface area (Å²) >= 11 is 0. The lowest BCUT2D eigenvalue weighted by atomic mass is 10.1. The van der Waals surface area contributed by atoms with Gasteiger partial charge in [-0.2, -0.15) is 0 Å². The van der Waals surface area contributed by atoms with Gasteiger partial charge in [-0.15, -0.1) is 0 Å². The largest absolute Gasteiger partial charge is 0.394 e. The monoisotopic (exact) mass is 224 g/mol. The molecule has 0 bridgehead atoms. The molecule has 88 valence electrons. The molecule has 0 heterocycles. The van der Waals surface area contributed by atoms with Gasteiger partial charge in [0.25, 0.3) is 5.91 Å². The van der Waals surface area contributed by atoms with Crippen molar-refractivity contribution in [1.29, 1.82) is 0 Å². The Balaban J connectivity index is 2.65. The number of rotatable bonds is 5. The van der Waals surface area contributed by atoms with Crippen LogP contribution in [0.4, 0.5) is 0 Å². The first-order chi connectivity index (χ1) is 7.71. The molecule has 0 saturated carbocycles. The van der Waals surface area contributed by atoms with Crippen LogP contribution in [-0.4, -0.2) is 35.4 Å². The van der Waals surface area contributed by atoms with E-state index in [1.54, 1.807) is 24.3 Å². The van der Waals surface area contributed by atoms with Gasteiger partial charge in [-0.1, -0.05) is 12.1 Å². The quantitative estimate of drug-likeness (QED) is 0.528. The fourth-order valence-corrected chi connectivity index (χ4v) is 1.21. The molecule has 0 spiro atoms. The first-order valence-electron chi connectivity index (χ1n) is 5.02. The van der Waals surface area contributed by atoms with Crippen LogP contribution in [0.2, 0.25) is 0 Å². The number of hydrogen-bond donors (Lipinski definition) is 4. The molecule has 1 aromatic carbocycles. The minimum absolute atomic E-state index is 0.289. The normalized spacial score (nSPS) is 10.5. The minimum atomic E-state index is -0.623. The minimum Gasteiger partial charge on any atom is -0.394 e.